The molecule has 37 heavy (non-hydrogen) atoms. The Kier molecular flexibility index (Phi) is 5.92. The Hall–Kier alpha value is -3.77. The minimum absolute atomic E-state index is 0.140. The number of imidazole rings is 1. The molecule has 1 unspecified atom stereocenters. The van der Waals surface area contributed by atoms with Crippen molar-refractivity contribution in [1.29, 1.82) is 0 Å². The lowest BCUT2D eigenvalue weighted by Crippen LogP contribution is -2.51. The number of para-hydroxylation sites is 1. The maximum atomic E-state index is 5.07. The highest BCUT2D eigenvalue weighted by molar-refractivity contribution is 5.91. The lowest BCUT2D eigenvalue weighted by molar-refractivity contribution is 0.181. The number of benzene rings is 3. The van der Waals surface area contributed by atoms with Gasteiger partial charge in [-0.2, -0.15) is 0 Å². The highest BCUT2D eigenvalue weighted by Crippen LogP contribution is 2.31. The number of H-pyrrole nitrogens is 1. The molecular weight excluding hydrogens is 456 g/mol. The number of aromatic nitrogens is 4. The van der Waals surface area contributed by atoms with Gasteiger partial charge in [-0.25, -0.2) is 4.98 Å². The zero-order valence-electron chi connectivity index (χ0n) is 22.1. The quantitative estimate of drug-likeness (QED) is 0.326. The normalized spacial score (nSPS) is 17.1. The van der Waals surface area contributed by atoms with Gasteiger partial charge in [-0.3, -0.25) is 14.9 Å². The summed E-state index contributed by atoms with van der Waals surface area (Å²) in [5, 5.41) is 0. The number of fused-ring (bicyclic) bond motifs is 2. The molecule has 188 valence electrons. The monoisotopic (exact) mass is 490 g/mol. The largest absolute Gasteiger partial charge is 0.367 e. The van der Waals surface area contributed by atoms with Crippen LogP contribution in [0.3, 0.4) is 0 Å². The van der Waals surface area contributed by atoms with Crippen LogP contribution < -0.4 is 4.90 Å². The van der Waals surface area contributed by atoms with E-state index in [2.05, 4.69) is 113 Å². The second kappa shape index (κ2) is 9.27. The molecule has 1 aliphatic heterocycles. The first-order chi connectivity index (χ1) is 17.8. The Bertz CT molecular complexity index is 1550. The zero-order valence-corrected chi connectivity index (χ0v) is 22.1. The van der Waals surface area contributed by atoms with Crippen molar-refractivity contribution in [3.8, 4) is 11.4 Å². The molecule has 6 rings (SSSR count). The summed E-state index contributed by atoms with van der Waals surface area (Å²) in [5.41, 5.74) is 9.11. The highest BCUT2D eigenvalue weighted by atomic mass is 15.3. The number of aromatic amines is 1. The van der Waals surface area contributed by atoms with E-state index in [9.17, 15) is 0 Å². The van der Waals surface area contributed by atoms with Gasteiger partial charge in [0.15, 0.2) is 0 Å². The number of nitrogens with zero attached hydrogens (tertiary/aromatic N) is 5. The lowest BCUT2D eigenvalue weighted by Gasteiger charge is -2.41. The van der Waals surface area contributed by atoms with E-state index in [1.807, 2.05) is 0 Å². The Morgan fingerprint density at radius 1 is 0.919 bits per heavy atom. The summed E-state index contributed by atoms with van der Waals surface area (Å²) in [6, 6.07) is 22.1. The molecule has 5 aromatic rings. The van der Waals surface area contributed by atoms with Gasteiger partial charge >= 0.3 is 0 Å². The summed E-state index contributed by atoms with van der Waals surface area (Å²) in [4.78, 5) is 22.5. The van der Waals surface area contributed by atoms with Gasteiger partial charge in [0, 0.05) is 50.2 Å². The number of hydrogen-bond donors (Lipinski definition) is 1. The van der Waals surface area contributed by atoms with Crippen LogP contribution in [0.25, 0.3) is 33.5 Å². The number of nitrogens with one attached hydrogen (secondary N) is 1. The van der Waals surface area contributed by atoms with E-state index < -0.39 is 0 Å². The minimum atomic E-state index is 0.140. The first kappa shape index (κ1) is 23.6. The smallest absolute Gasteiger partial charge is 0.138 e. The molecule has 3 aromatic carbocycles. The molecule has 1 fully saturated rings. The third-order valence-electron chi connectivity index (χ3n) is 7.54. The lowest BCUT2D eigenvalue weighted by atomic mass is 9.87. The van der Waals surface area contributed by atoms with E-state index in [4.69, 9.17) is 4.98 Å². The molecule has 1 aliphatic rings. The number of hydrogen-bond acceptors (Lipinski definition) is 5. The average Bonchev–Trinajstić information content (AvgIpc) is 3.34. The van der Waals surface area contributed by atoms with Crippen LogP contribution in [0, 0.1) is 0 Å². The summed E-state index contributed by atoms with van der Waals surface area (Å²) in [6.07, 6.45) is 3.50. The second-order valence-electron chi connectivity index (χ2n) is 11.2. The first-order valence-corrected chi connectivity index (χ1v) is 13.1. The van der Waals surface area contributed by atoms with Gasteiger partial charge in [0.05, 0.1) is 22.2 Å². The third kappa shape index (κ3) is 4.69. The Morgan fingerprint density at radius 2 is 1.70 bits per heavy atom. The van der Waals surface area contributed by atoms with Crippen molar-refractivity contribution in [1.82, 2.24) is 24.8 Å². The first-order valence-electron chi connectivity index (χ1n) is 13.1. The molecule has 0 bridgehead atoms. The van der Waals surface area contributed by atoms with Crippen LogP contribution in [0.5, 0.6) is 0 Å². The fraction of sp³-hybridized carbons (Fsp3) is 0.323. The predicted molar refractivity (Wildman–Crippen MR) is 152 cm³/mol. The van der Waals surface area contributed by atoms with Gasteiger partial charge < -0.3 is 9.88 Å². The summed E-state index contributed by atoms with van der Waals surface area (Å²) in [7, 11) is 0. The SMILES string of the molecule is CC1CN(c2cccc3[nH]c(-c4ccc(C(C)(C)C)cc4)nc23)CCN1Cc1ccc2nccnc2c1. The minimum Gasteiger partial charge on any atom is -0.367 e. The number of piperazine rings is 1. The Labute approximate surface area is 218 Å². The predicted octanol–water partition coefficient (Wildman–Crippen LogP) is 6.18. The maximum Gasteiger partial charge on any atom is 0.138 e. The van der Waals surface area contributed by atoms with Gasteiger partial charge in [-0.1, -0.05) is 57.2 Å². The van der Waals surface area contributed by atoms with Crippen LogP contribution in [0.1, 0.15) is 38.8 Å². The fourth-order valence-corrected chi connectivity index (χ4v) is 5.33. The highest BCUT2D eigenvalue weighted by Gasteiger charge is 2.26. The van der Waals surface area contributed by atoms with Crippen LogP contribution in [0.4, 0.5) is 5.69 Å². The van der Waals surface area contributed by atoms with Gasteiger partial charge in [0.1, 0.15) is 11.3 Å². The molecule has 0 aliphatic carbocycles. The van der Waals surface area contributed by atoms with Crippen molar-refractivity contribution in [2.24, 2.45) is 0 Å². The zero-order chi connectivity index (χ0) is 25.6. The molecule has 0 radical (unpaired) electrons. The van der Waals surface area contributed by atoms with Crippen molar-refractivity contribution < 1.29 is 0 Å². The summed E-state index contributed by atoms with van der Waals surface area (Å²) in [5.74, 6) is 0.925. The number of rotatable bonds is 4. The standard InChI is InChI=1S/C31H34N6/c1-21-19-37(17-16-36(21)20-22-8-13-25-27(18-22)33-15-14-32-25)28-7-5-6-26-29(28)35-30(34-26)23-9-11-24(12-10-23)31(2,3)4/h5-15,18,21H,16-17,19-20H2,1-4H3,(H,34,35). The van der Waals surface area contributed by atoms with E-state index in [1.54, 1.807) is 12.4 Å². The molecule has 1 N–H and O–H groups in total. The van der Waals surface area contributed by atoms with Gasteiger partial charge in [0.2, 0.25) is 0 Å². The molecule has 1 atom stereocenters. The summed E-state index contributed by atoms with van der Waals surface area (Å²) in [6.45, 7) is 12.9. The van der Waals surface area contributed by atoms with Crippen molar-refractivity contribution in [2.45, 2.75) is 45.7 Å². The van der Waals surface area contributed by atoms with Crippen molar-refractivity contribution in [3.05, 3.63) is 84.2 Å². The summed E-state index contributed by atoms with van der Waals surface area (Å²) < 4.78 is 0. The third-order valence-corrected chi connectivity index (χ3v) is 7.54. The molecule has 0 saturated carbocycles. The van der Waals surface area contributed by atoms with E-state index in [0.29, 0.717) is 6.04 Å². The van der Waals surface area contributed by atoms with Crippen molar-refractivity contribution in [2.75, 3.05) is 24.5 Å². The molecule has 6 nitrogen and oxygen atoms in total. The maximum absolute atomic E-state index is 5.07. The van der Waals surface area contributed by atoms with Crippen LogP contribution in [0.2, 0.25) is 0 Å². The van der Waals surface area contributed by atoms with Gasteiger partial charge in [-0.15, -0.1) is 0 Å². The topological polar surface area (TPSA) is 60.9 Å². The molecule has 0 amide bonds. The Balaban J connectivity index is 1.20. The van der Waals surface area contributed by atoms with E-state index in [0.717, 1.165) is 59.6 Å². The average molecular weight is 491 g/mol. The van der Waals surface area contributed by atoms with E-state index in [1.165, 1.54) is 16.8 Å². The summed E-state index contributed by atoms with van der Waals surface area (Å²) >= 11 is 0. The number of anilines is 1. The van der Waals surface area contributed by atoms with Gasteiger partial charge in [-0.05, 0) is 47.7 Å². The Morgan fingerprint density at radius 3 is 2.46 bits per heavy atom. The van der Waals surface area contributed by atoms with Crippen LogP contribution in [-0.2, 0) is 12.0 Å². The molecule has 6 heteroatoms. The molecule has 2 aromatic heterocycles. The van der Waals surface area contributed by atoms with Crippen LogP contribution in [0.15, 0.2) is 73.1 Å². The molecule has 3 heterocycles. The molecule has 0 spiro atoms. The van der Waals surface area contributed by atoms with Crippen LogP contribution >= 0.6 is 0 Å². The molecular formula is C31H34N6. The van der Waals surface area contributed by atoms with Crippen LogP contribution in [-0.4, -0.2) is 50.5 Å². The van der Waals surface area contributed by atoms with E-state index in [-0.39, 0.29) is 5.41 Å². The second-order valence-corrected chi connectivity index (χ2v) is 11.2. The van der Waals surface area contributed by atoms with Gasteiger partial charge in [0.25, 0.3) is 0 Å². The molecule has 1 saturated heterocycles. The van der Waals surface area contributed by atoms with E-state index >= 15 is 0 Å². The van der Waals surface area contributed by atoms with Crippen molar-refractivity contribution in [3.63, 3.8) is 0 Å². The van der Waals surface area contributed by atoms with Crippen molar-refractivity contribution >= 4 is 27.8 Å². The fourth-order valence-electron chi connectivity index (χ4n) is 5.33.